The van der Waals surface area contributed by atoms with Gasteiger partial charge in [-0.3, -0.25) is 0 Å². The molecule has 0 unspecified atom stereocenters. The van der Waals surface area contributed by atoms with E-state index in [-0.39, 0.29) is 17.9 Å². The van der Waals surface area contributed by atoms with Gasteiger partial charge in [-0.15, -0.1) is 0 Å². The molecule has 2 aliphatic heterocycles. The highest BCUT2D eigenvalue weighted by Gasteiger charge is 2.35. The van der Waals surface area contributed by atoms with E-state index in [4.69, 9.17) is 25.8 Å². The van der Waals surface area contributed by atoms with Crippen LogP contribution in [0.3, 0.4) is 0 Å². The summed E-state index contributed by atoms with van der Waals surface area (Å²) in [6, 6.07) is 11.7. The number of ether oxygens (including phenoxy) is 3. The Bertz CT molecular complexity index is 867. The quantitative estimate of drug-likeness (QED) is 0.626. The van der Waals surface area contributed by atoms with Crippen molar-refractivity contribution in [1.82, 2.24) is 0 Å². The van der Waals surface area contributed by atoms with Crippen LogP contribution in [-0.2, 0) is 14.3 Å². The predicted octanol–water partition coefficient (Wildman–Crippen LogP) is 3.06. The van der Waals surface area contributed by atoms with Crippen LogP contribution in [0.15, 0.2) is 42.5 Å². The minimum absolute atomic E-state index is 0.130. The molecule has 2 aliphatic rings. The largest absolute Gasteiger partial charge is 0.454 e. The second-order valence-electron chi connectivity index (χ2n) is 5.00. The van der Waals surface area contributed by atoms with Crippen molar-refractivity contribution in [3.63, 3.8) is 0 Å². The molecular weight excluding hydrogens is 320 g/mol. The van der Waals surface area contributed by atoms with Crippen molar-refractivity contribution in [3.8, 4) is 11.5 Å². The van der Waals surface area contributed by atoms with Crippen molar-refractivity contribution in [3.05, 3.63) is 58.6 Å². The van der Waals surface area contributed by atoms with Crippen molar-refractivity contribution < 1.29 is 23.8 Å². The van der Waals surface area contributed by atoms with Crippen LogP contribution in [-0.4, -0.2) is 18.7 Å². The van der Waals surface area contributed by atoms with Gasteiger partial charge in [0.25, 0.3) is 0 Å². The number of fused-ring (bicyclic) bond motifs is 1. The lowest BCUT2D eigenvalue weighted by atomic mass is 9.96. The zero-order valence-electron chi connectivity index (χ0n) is 11.7. The van der Waals surface area contributed by atoms with Crippen molar-refractivity contribution >= 4 is 34.7 Å². The number of benzene rings is 2. The molecule has 0 aromatic heterocycles. The van der Waals surface area contributed by atoms with Crippen molar-refractivity contribution in [1.29, 1.82) is 0 Å². The number of carbonyl (C=O) groups excluding carboxylic acids is 2. The minimum Gasteiger partial charge on any atom is -0.454 e. The van der Waals surface area contributed by atoms with Crippen molar-refractivity contribution in [2.45, 2.75) is 0 Å². The summed E-state index contributed by atoms with van der Waals surface area (Å²) in [5.74, 6) is -0.235. The number of cyclic esters (lactones) is 2. The first-order valence-corrected chi connectivity index (χ1v) is 7.18. The van der Waals surface area contributed by atoms with E-state index < -0.39 is 11.9 Å². The number of hydrogen-bond acceptors (Lipinski definition) is 5. The SMILES string of the molecule is O=C1OC(=O)C(c2ccc3c(c2)OCO3)=C1c1ccc(Cl)cc1. The van der Waals surface area contributed by atoms with E-state index in [0.717, 1.165) is 0 Å². The third-order valence-electron chi connectivity index (χ3n) is 3.64. The molecule has 0 N–H and O–H groups in total. The van der Waals surface area contributed by atoms with Crippen molar-refractivity contribution in [2.24, 2.45) is 0 Å². The van der Waals surface area contributed by atoms with Crippen LogP contribution < -0.4 is 9.47 Å². The van der Waals surface area contributed by atoms with Gasteiger partial charge in [0.05, 0.1) is 11.1 Å². The lowest BCUT2D eigenvalue weighted by molar-refractivity contribution is -0.149. The molecule has 5 nitrogen and oxygen atoms in total. The maximum atomic E-state index is 12.1. The second-order valence-corrected chi connectivity index (χ2v) is 5.44. The Hall–Kier alpha value is -2.79. The maximum Gasteiger partial charge on any atom is 0.347 e. The number of esters is 2. The Morgan fingerprint density at radius 2 is 1.39 bits per heavy atom. The third-order valence-corrected chi connectivity index (χ3v) is 3.89. The van der Waals surface area contributed by atoms with E-state index in [2.05, 4.69) is 0 Å². The molecule has 0 atom stereocenters. The zero-order chi connectivity index (χ0) is 16.0. The Balaban J connectivity index is 1.89. The van der Waals surface area contributed by atoms with E-state index in [1.807, 2.05) is 0 Å². The first kappa shape index (κ1) is 13.8. The fraction of sp³-hybridized carbons (Fsp3) is 0.0588. The molecule has 4 rings (SSSR count). The highest BCUT2D eigenvalue weighted by Crippen LogP contribution is 2.39. The molecule has 0 saturated carbocycles. The summed E-state index contributed by atoms with van der Waals surface area (Å²) in [5.41, 5.74) is 1.52. The van der Waals surface area contributed by atoms with Crippen molar-refractivity contribution in [2.75, 3.05) is 6.79 Å². The summed E-state index contributed by atoms with van der Waals surface area (Å²) in [6.45, 7) is 0.130. The third kappa shape index (κ3) is 2.26. The van der Waals surface area contributed by atoms with Crippen LogP contribution in [0, 0.1) is 0 Å². The average molecular weight is 329 g/mol. The van der Waals surface area contributed by atoms with E-state index >= 15 is 0 Å². The summed E-state index contributed by atoms with van der Waals surface area (Å²) >= 11 is 5.87. The average Bonchev–Trinajstić information content (AvgIpc) is 3.11. The van der Waals surface area contributed by atoms with Gasteiger partial charge in [-0.1, -0.05) is 29.8 Å². The number of carbonyl (C=O) groups is 2. The van der Waals surface area contributed by atoms with Crippen LogP contribution >= 0.6 is 11.6 Å². The highest BCUT2D eigenvalue weighted by atomic mass is 35.5. The first-order valence-electron chi connectivity index (χ1n) is 6.80. The van der Waals surface area contributed by atoms with Crippen LogP contribution in [0.25, 0.3) is 11.1 Å². The smallest absolute Gasteiger partial charge is 0.347 e. The normalized spacial score (nSPS) is 16.0. The van der Waals surface area contributed by atoms with Gasteiger partial charge in [-0.2, -0.15) is 0 Å². The second kappa shape index (κ2) is 5.14. The van der Waals surface area contributed by atoms with Gasteiger partial charge in [0.1, 0.15) is 0 Å². The van der Waals surface area contributed by atoms with Crippen LogP contribution in [0.4, 0.5) is 0 Å². The Morgan fingerprint density at radius 1 is 0.783 bits per heavy atom. The Labute approximate surface area is 136 Å². The van der Waals surface area contributed by atoms with Crippen LogP contribution in [0.2, 0.25) is 5.02 Å². The molecule has 0 spiro atoms. The standard InChI is InChI=1S/C17H9ClO5/c18-11-4-1-9(2-5-11)14-15(17(20)23-16(14)19)10-3-6-12-13(7-10)22-8-21-12/h1-7H,8H2. The molecule has 0 radical (unpaired) electrons. The number of halogens is 1. The summed E-state index contributed by atoms with van der Waals surface area (Å²) in [6.07, 6.45) is 0. The summed E-state index contributed by atoms with van der Waals surface area (Å²) in [4.78, 5) is 24.2. The molecule has 0 saturated heterocycles. The monoisotopic (exact) mass is 328 g/mol. The molecule has 2 aromatic carbocycles. The molecule has 0 fully saturated rings. The highest BCUT2D eigenvalue weighted by molar-refractivity contribution is 6.45. The van der Waals surface area contributed by atoms with E-state index in [1.165, 1.54) is 0 Å². The molecule has 114 valence electrons. The van der Waals surface area contributed by atoms with Gasteiger partial charge in [-0.25, -0.2) is 9.59 Å². The summed E-state index contributed by atoms with van der Waals surface area (Å²) in [7, 11) is 0. The number of hydrogen-bond donors (Lipinski definition) is 0. The Morgan fingerprint density at radius 3 is 2.13 bits per heavy atom. The molecule has 2 aromatic rings. The van der Waals surface area contributed by atoms with Crippen LogP contribution in [0.1, 0.15) is 11.1 Å². The molecular formula is C17H9ClO5. The predicted molar refractivity (Wildman–Crippen MR) is 81.9 cm³/mol. The number of rotatable bonds is 2. The Kier molecular flexibility index (Phi) is 3.09. The molecule has 0 aliphatic carbocycles. The lowest BCUT2D eigenvalue weighted by Crippen LogP contribution is -2.02. The van der Waals surface area contributed by atoms with E-state index in [9.17, 15) is 9.59 Å². The molecule has 0 amide bonds. The molecule has 2 heterocycles. The molecule has 23 heavy (non-hydrogen) atoms. The van der Waals surface area contributed by atoms with E-state index in [0.29, 0.717) is 27.6 Å². The minimum atomic E-state index is -0.682. The molecule has 6 heteroatoms. The van der Waals surface area contributed by atoms with Gasteiger partial charge in [0.15, 0.2) is 11.5 Å². The van der Waals surface area contributed by atoms with Crippen LogP contribution in [0.5, 0.6) is 11.5 Å². The zero-order valence-corrected chi connectivity index (χ0v) is 12.4. The van der Waals surface area contributed by atoms with E-state index in [1.54, 1.807) is 42.5 Å². The van der Waals surface area contributed by atoms with Gasteiger partial charge in [0, 0.05) is 5.02 Å². The fourth-order valence-corrected chi connectivity index (χ4v) is 2.71. The molecule has 0 bridgehead atoms. The van der Waals surface area contributed by atoms with Gasteiger partial charge in [0.2, 0.25) is 6.79 Å². The van der Waals surface area contributed by atoms with Gasteiger partial charge in [-0.05, 0) is 35.4 Å². The van der Waals surface area contributed by atoms with Gasteiger partial charge < -0.3 is 14.2 Å². The maximum absolute atomic E-state index is 12.1. The fourth-order valence-electron chi connectivity index (χ4n) is 2.58. The summed E-state index contributed by atoms with van der Waals surface area (Å²) in [5, 5.41) is 0.539. The first-order chi connectivity index (χ1) is 11.1. The topological polar surface area (TPSA) is 61.8 Å². The van der Waals surface area contributed by atoms with Gasteiger partial charge >= 0.3 is 11.9 Å². The lowest BCUT2D eigenvalue weighted by Gasteiger charge is -2.05. The summed E-state index contributed by atoms with van der Waals surface area (Å²) < 4.78 is 15.4.